The molecule has 2 aromatic carbocycles. The number of hydrogen-bond donors (Lipinski definition) is 0. The Morgan fingerprint density at radius 1 is 1.10 bits per heavy atom. The standard InChI is InChI=1S/C21H16ClN3O4S/c1-28-16-5-3-4-13(18(16)29-2)11-17-20(27)25-21(30-17)23-19(26)15(24-25)10-12-6-8-14(22)9-7-12/h3-9,11H,10H2,1-2H3. The average molecular weight is 442 g/mol. The van der Waals surface area contributed by atoms with E-state index < -0.39 is 5.56 Å². The van der Waals surface area contributed by atoms with Crippen LogP contribution in [0.4, 0.5) is 0 Å². The first-order chi connectivity index (χ1) is 14.5. The van der Waals surface area contributed by atoms with E-state index in [2.05, 4.69) is 10.1 Å². The monoisotopic (exact) mass is 441 g/mol. The van der Waals surface area contributed by atoms with Crippen LogP contribution in [0.2, 0.25) is 5.02 Å². The summed E-state index contributed by atoms with van der Waals surface area (Å²) in [6.07, 6.45) is 1.93. The van der Waals surface area contributed by atoms with E-state index in [1.807, 2.05) is 6.07 Å². The highest BCUT2D eigenvalue weighted by Gasteiger charge is 2.13. The first-order valence-corrected chi connectivity index (χ1v) is 10.1. The third-order valence-corrected chi connectivity index (χ3v) is 5.67. The Morgan fingerprint density at radius 2 is 1.87 bits per heavy atom. The number of nitrogens with zero attached hydrogens (tertiary/aromatic N) is 3. The molecular weight excluding hydrogens is 426 g/mol. The van der Waals surface area contributed by atoms with E-state index in [0.717, 1.165) is 21.4 Å². The minimum absolute atomic E-state index is 0.190. The van der Waals surface area contributed by atoms with Gasteiger partial charge in [0, 0.05) is 17.0 Å². The van der Waals surface area contributed by atoms with Gasteiger partial charge in [0.1, 0.15) is 5.69 Å². The molecule has 2 aromatic heterocycles. The average Bonchev–Trinajstić information content (AvgIpc) is 3.04. The number of benzene rings is 2. The van der Waals surface area contributed by atoms with Gasteiger partial charge < -0.3 is 9.47 Å². The predicted octanol–water partition coefficient (Wildman–Crippen LogP) is 2.32. The summed E-state index contributed by atoms with van der Waals surface area (Å²) in [5.74, 6) is 1.06. The molecule has 7 nitrogen and oxygen atoms in total. The van der Waals surface area contributed by atoms with Crippen molar-refractivity contribution < 1.29 is 9.47 Å². The molecule has 0 amide bonds. The lowest BCUT2D eigenvalue weighted by Gasteiger charge is -2.09. The number of methoxy groups -OCH3 is 2. The molecule has 0 spiro atoms. The predicted molar refractivity (Wildman–Crippen MR) is 116 cm³/mol. The van der Waals surface area contributed by atoms with Crippen LogP contribution in [-0.2, 0) is 6.42 Å². The Balaban J connectivity index is 1.82. The fourth-order valence-electron chi connectivity index (χ4n) is 3.01. The molecule has 0 N–H and O–H groups in total. The van der Waals surface area contributed by atoms with E-state index in [0.29, 0.717) is 26.6 Å². The Hall–Kier alpha value is -3.23. The van der Waals surface area contributed by atoms with Crippen LogP contribution < -0.4 is 25.1 Å². The second-order valence-corrected chi connectivity index (χ2v) is 7.81. The molecule has 0 aliphatic carbocycles. The van der Waals surface area contributed by atoms with Gasteiger partial charge in [-0.25, -0.2) is 0 Å². The van der Waals surface area contributed by atoms with Crippen molar-refractivity contribution in [3.05, 3.63) is 89.5 Å². The van der Waals surface area contributed by atoms with Crippen molar-refractivity contribution >= 4 is 34.0 Å². The maximum absolute atomic E-state index is 12.9. The van der Waals surface area contributed by atoms with Crippen LogP contribution >= 0.6 is 22.9 Å². The fourth-order valence-corrected chi connectivity index (χ4v) is 4.04. The molecule has 0 saturated carbocycles. The van der Waals surface area contributed by atoms with Crippen molar-refractivity contribution in [2.24, 2.45) is 0 Å². The van der Waals surface area contributed by atoms with Gasteiger partial charge in [-0.3, -0.25) is 9.59 Å². The number of fused-ring (bicyclic) bond motifs is 1. The first kappa shape index (κ1) is 20.1. The zero-order valence-electron chi connectivity index (χ0n) is 16.1. The zero-order chi connectivity index (χ0) is 21.3. The van der Waals surface area contributed by atoms with Crippen LogP contribution in [0.25, 0.3) is 11.0 Å². The topological polar surface area (TPSA) is 82.8 Å². The molecule has 30 heavy (non-hydrogen) atoms. The lowest BCUT2D eigenvalue weighted by Crippen LogP contribution is -2.28. The number of para-hydroxylation sites is 1. The lowest BCUT2D eigenvalue weighted by molar-refractivity contribution is 0.354. The highest BCUT2D eigenvalue weighted by Crippen LogP contribution is 2.31. The summed E-state index contributed by atoms with van der Waals surface area (Å²) in [6.45, 7) is 0. The largest absolute Gasteiger partial charge is 0.493 e. The fraction of sp³-hybridized carbons (Fsp3) is 0.143. The SMILES string of the molecule is COc1cccc(C=c2sc3nc(=O)c(Cc4ccc(Cl)cc4)nn3c2=O)c1OC. The molecular formula is C21H16ClN3O4S. The number of aromatic nitrogens is 3. The van der Waals surface area contributed by atoms with Crippen LogP contribution in [0.15, 0.2) is 52.1 Å². The van der Waals surface area contributed by atoms with Crippen molar-refractivity contribution in [1.29, 1.82) is 0 Å². The van der Waals surface area contributed by atoms with Crippen LogP contribution in [0, 0.1) is 0 Å². The second-order valence-electron chi connectivity index (χ2n) is 6.36. The smallest absolute Gasteiger partial charge is 0.296 e. The van der Waals surface area contributed by atoms with Crippen LogP contribution in [0.3, 0.4) is 0 Å². The molecule has 0 atom stereocenters. The van der Waals surface area contributed by atoms with Gasteiger partial charge in [0.25, 0.3) is 11.1 Å². The Morgan fingerprint density at radius 3 is 2.57 bits per heavy atom. The first-order valence-electron chi connectivity index (χ1n) is 8.90. The highest BCUT2D eigenvalue weighted by atomic mass is 35.5. The van der Waals surface area contributed by atoms with E-state index >= 15 is 0 Å². The van der Waals surface area contributed by atoms with Gasteiger partial charge in [0.2, 0.25) is 4.96 Å². The minimum Gasteiger partial charge on any atom is -0.493 e. The molecule has 9 heteroatoms. The number of rotatable bonds is 5. The number of halogens is 1. The molecule has 0 unspecified atom stereocenters. The van der Waals surface area contributed by atoms with Gasteiger partial charge in [-0.15, -0.1) is 0 Å². The maximum atomic E-state index is 12.9. The summed E-state index contributed by atoms with van der Waals surface area (Å²) in [5.41, 5.74) is 0.892. The summed E-state index contributed by atoms with van der Waals surface area (Å²) in [7, 11) is 3.07. The Labute approximate surface area is 179 Å². The summed E-state index contributed by atoms with van der Waals surface area (Å²) >= 11 is 6.99. The number of thiazole rings is 1. The molecule has 4 aromatic rings. The number of ether oxygens (including phenoxy) is 2. The van der Waals surface area contributed by atoms with Crippen LogP contribution in [0.1, 0.15) is 16.8 Å². The van der Waals surface area contributed by atoms with E-state index in [9.17, 15) is 9.59 Å². The van der Waals surface area contributed by atoms with Crippen LogP contribution in [-0.4, -0.2) is 28.8 Å². The highest BCUT2D eigenvalue weighted by molar-refractivity contribution is 7.15. The van der Waals surface area contributed by atoms with E-state index in [1.165, 1.54) is 7.11 Å². The van der Waals surface area contributed by atoms with Crippen LogP contribution in [0.5, 0.6) is 11.5 Å². The molecule has 0 radical (unpaired) electrons. The van der Waals surface area contributed by atoms with Crippen molar-refractivity contribution in [3.8, 4) is 11.5 Å². The van der Waals surface area contributed by atoms with E-state index in [4.69, 9.17) is 21.1 Å². The summed E-state index contributed by atoms with van der Waals surface area (Å²) < 4.78 is 12.3. The van der Waals surface area contributed by atoms with E-state index in [1.54, 1.807) is 49.6 Å². The summed E-state index contributed by atoms with van der Waals surface area (Å²) in [4.78, 5) is 29.6. The molecule has 0 aliphatic rings. The zero-order valence-corrected chi connectivity index (χ0v) is 17.7. The third-order valence-electron chi connectivity index (χ3n) is 4.46. The lowest BCUT2D eigenvalue weighted by atomic mass is 10.1. The Kier molecular flexibility index (Phi) is 5.52. The second kappa shape index (κ2) is 8.25. The van der Waals surface area contributed by atoms with Gasteiger partial charge in [-0.1, -0.05) is 47.2 Å². The van der Waals surface area contributed by atoms with Crippen molar-refractivity contribution in [3.63, 3.8) is 0 Å². The van der Waals surface area contributed by atoms with Gasteiger partial charge in [0.05, 0.1) is 18.8 Å². The van der Waals surface area contributed by atoms with Crippen molar-refractivity contribution in [1.82, 2.24) is 14.6 Å². The molecule has 0 fully saturated rings. The third kappa shape index (κ3) is 3.79. The quantitative estimate of drug-likeness (QED) is 0.472. The minimum atomic E-state index is -0.461. The summed E-state index contributed by atoms with van der Waals surface area (Å²) in [6, 6.07) is 12.5. The van der Waals surface area contributed by atoms with Crippen molar-refractivity contribution in [2.75, 3.05) is 14.2 Å². The molecule has 152 valence electrons. The molecule has 0 saturated heterocycles. The molecule has 0 aliphatic heterocycles. The van der Waals surface area contributed by atoms with Gasteiger partial charge in [-0.05, 0) is 29.8 Å². The van der Waals surface area contributed by atoms with Gasteiger partial charge in [-0.2, -0.15) is 14.6 Å². The van der Waals surface area contributed by atoms with Gasteiger partial charge >= 0.3 is 0 Å². The van der Waals surface area contributed by atoms with E-state index in [-0.39, 0.29) is 22.6 Å². The maximum Gasteiger partial charge on any atom is 0.296 e. The van der Waals surface area contributed by atoms with Gasteiger partial charge in [0.15, 0.2) is 11.5 Å². The summed E-state index contributed by atoms with van der Waals surface area (Å²) in [5, 5.41) is 4.86. The molecule has 4 rings (SSSR count). The molecule has 0 bridgehead atoms. The molecule has 2 heterocycles. The number of hydrogen-bond acceptors (Lipinski definition) is 7. The normalized spacial score (nSPS) is 11.8. The van der Waals surface area contributed by atoms with Crippen molar-refractivity contribution in [2.45, 2.75) is 6.42 Å². The Bertz CT molecular complexity index is 1400.